The number of halogens is 11. The molecule has 0 fully saturated rings. The molecule has 0 bridgehead atoms. The Bertz CT molecular complexity index is 976. The monoisotopic (exact) mass is 682 g/mol. The van der Waals surface area contributed by atoms with Crippen LogP contribution in [-0.4, -0.2) is 20.0 Å². The molecule has 0 amide bonds. The normalized spacial score (nSPS) is 14.6. The van der Waals surface area contributed by atoms with Crippen molar-refractivity contribution < 1.29 is 44.8 Å². The first kappa shape index (κ1) is 25.4. The number of hydrogen-bond acceptors (Lipinski definition) is 0. The van der Waals surface area contributed by atoms with Gasteiger partial charge in [-0.3, -0.25) is 0 Å². The van der Waals surface area contributed by atoms with Crippen molar-refractivity contribution in [1.82, 2.24) is 0 Å². The van der Waals surface area contributed by atoms with Crippen LogP contribution in [0.3, 0.4) is 0 Å². The maximum absolute atomic E-state index is 16.7. The van der Waals surface area contributed by atoms with Crippen molar-refractivity contribution in [3.8, 4) is 0 Å². The van der Waals surface area contributed by atoms with E-state index in [4.69, 9.17) is 0 Å². The molecule has 3 aromatic rings. The summed E-state index contributed by atoms with van der Waals surface area (Å²) >= 11 is -7.96. The van der Waals surface area contributed by atoms with Crippen molar-refractivity contribution in [2.24, 2.45) is 0 Å². The number of benzene rings is 3. The molecule has 33 heavy (non-hydrogen) atoms. The number of hydrogen-bond donors (Lipinski definition) is 0. The van der Waals surface area contributed by atoms with E-state index in [1.807, 2.05) is 0 Å². The molecule has 178 valence electrons. The molecule has 0 aliphatic carbocycles. The van der Waals surface area contributed by atoms with Crippen LogP contribution in [0, 0.1) is 0 Å². The van der Waals surface area contributed by atoms with E-state index in [9.17, 15) is 39.5 Å². The van der Waals surface area contributed by atoms with Gasteiger partial charge in [-0.15, -0.1) is 0 Å². The first-order valence-electron chi connectivity index (χ1n) is 8.92. The van der Waals surface area contributed by atoms with Crippen LogP contribution in [0.1, 0.15) is 16.7 Å². The summed E-state index contributed by atoms with van der Waals surface area (Å²) in [6.07, 6.45) is -14.5. The van der Waals surface area contributed by atoms with Crippen LogP contribution in [0.15, 0.2) is 72.8 Å². The third kappa shape index (κ3) is 4.72. The van der Waals surface area contributed by atoms with E-state index in [-0.39, 0.29) is 0 Å². The Balaban J connectivity index is 2.26. The Kier molecular flexibility index (Phi) is 6.10. The third-order valence-electron chi connectivity index (χ3n) is 4.94. The van der Waals surface area contributed by atoms with E-state index >= 15 is 5.25 Å². The van der Waals surface area contributed by atoms with Gasteiger partial charge >= 0.3 is 183 Å². The summed E-state index contributed by atoms with van der Waals surface area (Å²) in [6.45, 7) is 0. The molecule has 0 saturated heterocycles. The molecule has 0 N–H and O–H groups in total. The van der Waals surface area contributed by atoms with Crippen LogP contribution in [0.5, 0.6) is 0 Å². The second kappa shape index (κ2) is 7.92. The summed E-state index contributed by atoms with van der Waals surface area (Å²) in [5, 5.41) is 0. The molecule has 0 unspecified atom stereocenters. The van der Waals surface area contributed by atoms with E-state index in [1.165, 1.54) is 0 Å². The van der Waals surface area contributed by atoms with Gasteiger partial charge in [-0.05, 0) is 0 Å². The van der Waals surface area contributed by atoms with E-state index in [0.29, 0.717) is 72.8 Å². The van der Waals surface area contributed by atoms with Gasteiger partial charge in [-0.25, -0.2) is 0 Å². The number of alkyl halides is 9. The fraction of sp³-hybridized carbons (Fsp3) is 0.143. The first-order chi connectivity index (χ1) is 14.9. The van der Waals surface area contributed by atoms with Crippen molar-refractivity contribution in [2.75, 3.05) is 0 Å². The molecule has 0 aromatic heterocycles. The molecule has 12 heteroatoms. The molecule has 3 aromatic carbocycles. The Morgan fingerprint density at radius 1 is 0.364 bits per heavy atom. The predicted octanol–water partition coefficient (Wildman–Crippen LogP) is 6.10. The topological polar surface area (TPSA) is 0 Å². The summed E-state index contributed by atoms with van der Waals surface area (Å²) in [5.41, 5.74) is -3.70. The zero-order valence-electron chi connectivity index (χ0n) is 16.0. The molecular formula is C21H12BiF11. The molecule has 0 saturated carbocycles. The molecule has 0 spiro atoms. The first-order valence-corrected chi connectivity index (χ1v) is 16.8. The average Bonchev–Trinajstić information content (AvgIpc) is 2.72. The van der Waals surface area contributed by atoms with E-state index in [1.54, 1.807) is 0 Å². The van der Waals surface area contributed by atoms with Crippen LogP contribution in [-0.2, 0) is 18.5 Å². The standard InChI is InChI=1S/3C7H4F3.Bi.2FH/c3*8-7(9,10)6-4-2-1-3-5-6;;;/h3*2-5H;;2*1H/q;;;+2;;/p-2. The predicted molar refractivity (Wildman–Crippen MR) is 101 cm³/mol. The maximum atomic E-state index is 16.7. The second-order valence-corrected chi connectivity index (χ2v) is 20.1. The summed E-state index contributed by atoms with van der Waals surface area (Å²) in [7, 11) is 0. The van der Waals surface area contributed by atoms with Crippen LogP contribution < -0.4 is 9.81 Å². The van der Waals surface area contributed by atoms with Gasteiger partial charge in [0.1, 0.15) is 0 Å². The Labute approximate surface area is 182 Å². The van der Waals surface area contributed by atoms with Crippen molar-refractivity contribution in [1.29, 1.82) is 0 Å². The van der Waals surface area contributed by atoms with Crippen molar-refractivity contribution in [3.63, 3.8) is 0 Å². The summed E-state index contributed by atoms with van der Waals surface area (Å²) in [6, 6.07) is 5.51. The quantitative estimate of drug-likeness (QED) is 0.232. The van der Waals surface area contributed by atoms with E-state index < -0.39 is 65.0 Å². The van der Waals surface area contributed by atoms with Gasteiger partial charge in [-0.1, -0.05) is 0 Å². The van der Waals surface area contributed by atoms with E-state index in [0.717, 1.165) is 0 Å². The van der Waals surface area contributed by atoms with Crippen molar-refractivity contribution >= 4 is 29.8 Å². The Morgan fingerprint density at radius 3 is 0.697 bits per heavy atom. The molecule has 3 rings (SSSR count). The van der Waals surface area contributed by atoms with E-state index in [2.05, 4.69) is 0 Å². The summed E-state index contributed by atoms with van der Waals surface area (Å²) < 4.78 is 147. The molecule has 0 heterocycles. The van der Waals surface area contributed by atoms with Crippen LogP contribution in [0.25, 0.3) is 0 Å². The van der Waals surface area contributed by atoms with Gasteiger partial charge in [0.2, 0.25) is 0 Å². The van der Waals surface area contributed by atoms with Gasteiger partial charge in [0.05, 0.1) is 0 Å². The van der Waals surface area contributed by atoms with Crippen LogP contribution in [0.2, 0.25) is 0 Å². The minimum absolute atomic E-state index is 0.400. The molecule has 0 aliphatic rings. The van der Waals surface area contributed by atoms with Gasteiger partial charge in [0, 0.05) is 0 Å². The third-order valence-corrected chi connectivity index (χ3v) is 19.0. The second-order valence-electron chi connectivity index (χ2n) is 7.04. The summed E-state index contributed by atoms with van der Waals surface area (Å²) in [4.78, 5) is 0. The molecule has 0 nitrogen and oxygen atoms in total. The fourth-order valence-corrected chi connectivity index (χ4v) is 14.5. The molecular weight excluding hydrogens is 670 g/mol. The SMILES string of the molecule is FC(F)(F)c1cc[c]([Bi]([F])([F])([c]2ccc(C(F)(F)F)cc2)[c]2ccc(C(F)(F)F)cc2)cc1. The number of rotatable bonds is 3. The van der Waals surface area contributed by atoms with Gasteiger partial charge < -0.3 is 0 Å². The fourth-order valence-electron chi connectivity index (χ4n) is 3.18. The van der Waals surface area contributed by atoms with Gasteiger partial charge in [-0.2, -0.15) is 0 Å². The minimum atomic E-state index is -7.96. The summed E-state index contributed by atoms with van der Waals surface area (Å²) in [5.74, 6) is 0. The van der Waals surface area contributed by atoms with Crippen molar-refractivity contribution in [3.05, 3.63) is 89.5 Å². The molecule has 0 atom stereocenters. The zero-order valence-corrected chi connectivity index (χ0v) is 19.5. The molecule has 0 aliphatic heterocycles. The molecule has 0 radical (unpaired) electrons. The zero-order chi connectivity index (χ0) is 24.9. The van der Waals surface area contributed by atoms with Crippen molar-refractivity contribution in [2.45, 2.75) is 18.5 Å². The van der Waals surface area contributed by atoms with Gasteiger partial charge in [0.25, 0.3) is 0 Å². The Hall–Kier alpha value is -2.23. The van der Waals surface area contributed by atoms with Crippen LogP contribution in [0.4, 0.5) is 44.8 Å². The Morgan fingerprint density at radius 2 is 0.545 bits per heavy atom. The average molecular weight is 682 g/mol. The van der Waals surface area contributed by atoms with Crippen LogP contribution >= 0.6 is 0 Å². The van der Waals surface area contributed by atoms with Gasteiger partial charge in [0.15, 0.2) is 0 Å².